The van der Waals surface area contributed by atoms with Gasteiger partial charge in [0.25, 0.3) is 0 Å². The Kier molecular flexibility index (Phi) is 9.82. The normalized spacial score (nSPS) is 13.8. The van der Waals surface area contributed by atoms with E-state index in [0.29, 0.717) is 0 Å². The summed E-state index contributed by atoms with van der Waals surface area (Å²) in [6, 6.07) is 58.2. The van der Waals surface area contributed by atoms with Gasteiger partial charge in [0.2, 0.25) is 0 Å². The fourth-order valence-electron chi connectivity index (χ4n) is 10.7. The molecule has 0 atom stereocenters. The van der Waals surface area contributed by atoms with E-state index < -0.39 is 0 Å². The third kappa shape index (κ3) is 6.97. The van der Waals surface area contributed by atoms with Crippen molar-refractivity contribution < 1.29 is 8.83 Å². The second kappa shape index (κ2) is 15.3. The largest absolute Gasteiger partial charge is 0.468 e. The summed E-state index contributed by atoms with van der Waals surface area (Å²) in [5, 5.41) is 2.17. The molecule has 0 N–H and O–H groups in total. The van der Waals surface area contributed by atoms with E-state index in [2.05, 4.69) is 256 Å². The van der Waals surface area contributed by atoms with Crippen LogP contribution in [0.3, 0.4) is 0 Å². The summed E-state index contributed by atoms with van der Waals surface area (Å²) < 4.78 is 15.0. The summed E-state index contributed by atoms with van der Waals surface area (Å²) in [5.74, 6) is 0. The Morgan fingerprint density at radius 3 is 1.13 bits per heavy atom. The summed E-state index contributed by atoms with van der Waals surface area (Å²) in [4.78, 5) is 7.37. The first-order valence-electron chi connectivity index (χ1n) is 24.3. The standard InChI is InChI=1S/C62H62BN3O2/c1-59(2,3)39-29-33-43(34-30-39)64(44-35-31-40(32-36-44)60(4,5)6)45-37-50-52-51(38-45)66(42-23-17-14-18-24-42)54-47-26-20-28-49(62(10,11)12)56(47)68-58(54)63(52)57-53(65(50)41-21-15-13-16-22-41)46-25-19-27-48(55(46)67-57)61(7,8)9/h13-38H,1-12H3. The molecule has 0 saturated carbocycles. The molecule has 0 unspecified atom stereocenters. The van der Waals surface area contributed by atoms with Crippen LogP contribution in [0.25, 0.3) is 21.9 Å². The topological polar surface area (TPSA) is 36.0 Å². The lowest BCUT2D eigenvalue weighted by atomic mass is 9.37. The first-order valence-corrected chi connectivity index (χ1v) is 24.3. The molecule has 340 valence electrons. The number of nitrogens with zero attached hydrogens (tertiary/aromatic N) is 3. The summed E-state index contributed by atoms with van der Waals surface area (Å²) >= 11 is 0. The maximum absolute atomic E-state index is 7.50. The molecular weight excluding hydrogens is 830 g/mol. The van der Waals surface area contributed by atoms with Crippen LogP contribution in [0.15, 0.2) is 167 Å². The minimum absolute atomic E-state index is 0.00491. The number of fused-ring (bicyclic) bond motifs is 8. The summed E-state index contributed by atoms with van der Waals surface area (Å²) in [6.45, 7) is 27.0. The van der Waals surface area contributed by atoms with Crippen LogP contribution in [0.4, 0.5) is 51.2 Å². The lowest BCUT2D eigenvalue weighted by Gasteiger charge is -2.41. The molecule has 0 fully saturated rings. The zero-order valence-corrected chi connectivity index (χ0v) is 41.7. The van der Waals surface area contributed by atoms with Crippen molar-refractivity contribution >= 4 is 96.6 Å². The molecule has 11 rings (SSSR count). The first kappa shape index (κ1) is 43.6. The van der Waals surface area contributed by atoms with Gasteiger partial charge in [0.15, 0.2) is 0 Å². The van der Waals surface area contributed by atoms with E-state index in [0.717, 1.165) is 89.9 Å². The molecule has 9 aromatic rings. The highest BCUT2D eigenvalue weighted by atomic mass is 16.3. The lowest BCUT2D eigenvalue weighted by molar-refractivity contribution is 0.566. The van der Waals surface area contributed by atoms with Crippen LogP contribution in [0.2, 0.25) is 0 Å². The highest BCUT2D eigenvalue weighted by Gasteiger charge is 2.51. The predicted molar refractivity (Wildman–Crippen MR) is 289 cm³/mol. The molecule has 5 nitrogen and oxygen atoms in total. The smallest absolute Gasteiger partial charge is 0.342 e. The average Bonchev–Trinajstić information content (AvgIpc) is 3.88. The third-order valence-electron chi connectivity index (χ3n) is 14.2. The Hall–Kier alpha value is -6.92. The maximum atomic E-state index is 7.50. The SMILES string of the molecule is CC(C)(C)c1ccc(N(c2ccc(C(C)(C)C)cc2)c2cc3c4c(c2)N(c2ccccc2)c2c(oc5c(C(C)(C)C)cccc25)B4c2oc4c(C(C)(C)C)cccc4c2N3c2ccccc2)cc1. The molecule has 0 saturated heterocycles. The Labute approximate surface area is 403 Å². The molecule has 6 heteroatoms. The highest BCUT2D eigenvalue weighted by Crippen LogP contribution is 2.52. The molecule has 68 heavy (non-hydrogen) atoms. The maximum Gasteiger partial charge on any atom is 0.342 e. The van der Waals surface area contributed by atoms with Crippen molar-refractivity contribution in [3.8, 4) is 0 Å². The van der Waals surface area contributed by atoms with Gasteiger partial charge in [0, 0.05) is 56.0 Å². The third-order valence-corrected chi connectivity index (χ3v) is 14.2. The van der Waals surface area contributed by atoms with Crippen molar-refractivity contribution in [3.05, 3.63) is 180 Å². The van der Waals surface area contributed by atoms with Gasteiger partial charge in [0.1, 0.15) is 22.5 Å². The van der Waals surface area contributed by atoms with Crippen molar-refractivity contribution in [1.82, 2.24) is 0 Å². The molecule has 0 amide bonds. The quantitative estimate of drug-likeness (QED) is 0.161. The number of furan rings is 2. The fraction of sp³-hybridized carbons (Fsp3) is 0.258. The number of anilines is 9. The fourth-order valence-corrected chi connectivity index (χ4v) is 10.7. The molecule has 0 aliphatic carbocycles. The number of hydrogen-bond donors (Lipinski definition) is 0. The molecule has 0 spiro atoms. The Bertz CT molecular complexity index is 3150. The van der Waals surface area contributed by atoms with Crippen LogP contribution in [-0.2, 0) is 21.7 Å². The number of hydrogen-bond acceptors (Lipinski definition) is 5. The second-order valence-electron chi connectivity index (χ2n) is 23.1. The molecular formula is C62H62BN3O2. The lowest BCUT2D eigenvalue weighted by Crippen LogP contribution is -2.60. The molecule has 4 heterocycles. The molecule has 7 aromatic carbocycles. The van der Waals surface area contributed by atoms with E-state index in [1.54, 1.807) is 0 Å². The number of rotatable bonds is 5. The van der Waals surface area contributed by atoms with Gasteiger partial charge in [-0.05, 0) is 111 Å². The van der Waals surface area contributed by atoms with Crippen LogP contribution >= 0.6 is 0 Å². The second-order valence-corrected chi connectivity index (χ2v) is 23.1. The van der Waals surface area contributed by atoms with Gasteiger partial charge in [-0.15, -0.1) is 0 Å². The van der Waals surface area contributed by atoms with Crippen LogP contribution in [0, 0.1) is 0 Å². The average molecular weight is 892 g/mol. The van der Waals surface area contributed by atoms with E-state index in [1.165, 1.54) is 22.3 Å². The number of benzene rings is 7. The zero-order valence-electron chi connectivity index (χ0n) is 41.7. The first-order chi connectivity index (χ1) is 32.3. The Balaban J connectivity index is 1.30. The van der Waals surface area contributed by atoms with Crippen molar-refractivity contribution in [2.75, 3.05) is 14.7 Å². The molecule has 0 bridgehead atoms. The van der Waals surface area contributed by atoms with Gasteiger partial charge in [0.05, 0.1) is 17.1 Å². The highest BCUT2D eigenvalue weighted by molar-refractivity contribution is 6.99. The van der Waals surface area contributed by atoms with Gasteiger partial charge in [-0.3, -0.25) is 0 Å². The van der Waals surface area contributed by atoms with Crippen LogP contribution in [0.1, 0.15) is 105 Å². The number of para-hydroxylation sites is 4. The van der Waals surface area contributed by atoms with Gasteiger partial charge >= 0.3 is 6.71 Å². The van der Waals surface area contributed by atoms with E-state index in [-0.39, 0.29) is 28.4 Å². The van der Waals surface area contributed by atoms with E-state index >= 15 is 0 Å². The van der Waals surface area contributed by atoms with Gasteiger partial charge in [-0.25, -0.2) is 0 Å². The molecule has 2 aliphatic heterocycles. The van der Waals surface area contributed by atoms with Crippen molar-refractivity contribution in [2.45, 2.75) is 105 Å². The van der Waals surface area contributed by atoms with Crippen LogP contribution < -0.4 is 31.5 Å². The summed E-state index contributed by atoms with van der Waals surface area (Å²) in [7, 11) is 0. The van der Waals surface area contributed by atoms with Gasteiger partial charge < -0.3 is 23.5 Å². The van der Waals surface area contributed by atoms with E-state index in [9.17, 15) is 0 Å². The zero-order chi connectivity index (χ0) is 47.7. The molecule has 2 aliphatic rings. The van der Waals surface area contributed by atoms with Crippen LogP contribution in [0.5, 0.6) is 0 Å². The Morgan fingerprint density at radius 1 is 0.397 bits per heavy atom. The predicted octanol–water partition coefficient (Wildman–Crippen LogP) is 15.9. The monoisotopic (exact) mass is 891 g/mol. The molecule has 2 aromatic heterocycles. The Morgan fingerprint density at radius 2 is 0.779 bits per heavy atom. The molecule has 0 radical (unpaired) electrons. The van der Waals surface area contributed by atoms with Crippen molar-refractivity contribution in [2.24, 2.45) is 0 Å². The van der Waals surface area contributed by atoms with E-state index in [1.807, 2.05) is 0 Å². The summed E-state index contributed by atoms with van der Waals surface area (Å²) in [6.07, 6.45) is 0. The van der Waals surface area contributed by atoms with Gasteiger partial charge in [-0.2, -0.15) is 0 Å². The van der Waals surface area contributed by atoms with E-state index in [4.69, 9.17) is 8.83 Å². The van der Waals surface area contributed by atoms with Crippen molar-refractivity contribution in [3.63, 3.8) is 0 Å². The summed E-state index contributed by atoms with van der Waals surface area (Å²) in [5.41, 5.74) is 18.9. The van der Waals surface area contributed by atoms with Gasteiger partial charge in [-0.1, -0.05) is 168 Å². The minimum Gasteiger partial charge on any atom is -0.468 e. The minimum atomic E-state index is -0.356. The van der Waals surface area contributed by atoms with Crippen molar-refractivity contribution in [1.29, 1.82) is 0 Å². The van der Waals surface area contributed by atoms with Crippen LogP contribution in [-0.4, -0.2) is 6.71 Å².